The Morgan fingerprint density at radius 1 is 1.13 bits per heavy atom. The predicted octanol–water partition coefficient (Wildman–Crippen LogP) is 2.71. The van der Waals surface area contributed by atoms with Crippen LogP contribution in [0.3, 0.4) is 0 Å². The van der Waals surface area contributed by atoms with Crippen LogP contribution < -0.4 is 5.32 Å². The number of hydrogen-bond donors (Lipinski definition) is 3. The van der Waals surface area contributed by atoms with Gasteiger partial charge in [-0.1, -0.05) is 41.9 Å². The van der Waals surface area contributed by atoms with Gasteiger partial charge >= 0.3 is 5.97 Å². The summed E-state index contributed by atoms with van der Waals surface area (Å²) in [6, 6.07) is 15.5. The molecule has 3 N–H and O–H groups in total. The molecular formula is C22H20ClN3O4. The fourth-order valence-corrected chi connectivity index (χ4v) is 3.73. The van der Waals surface area contributed by atoms with E-state index >= 15 is 0 Å². The number of likely N-dealkylation sites (tertiary alicyclic amines) is 1. The standard InChI is InChI=1S/C22H20ClN3O4/c23-16-6-7-17-14(9-16)10-18(24-17)20(27)25-19(8-13-4-2-1-3-5-13)21(28)26-11-15(12-26)22(29)30/h1-7,9-10,15,19,24H,8,11-12H2,(H,25,27)(H,29,30)/t19-/m0/s1. The Hall–Kier alpha value is -3.32. The van der Waals surface area contributed by atoms with Gasteiger partial charge in [-0.15, -0.1) is 0 Å². The summed E-state index contributed by atoms with van der Waals surface area (Å²) in [5.41, 5.74) is 1.99. The van der Waals surface area contributed by atoms with E-state index in [9.17, 15) is 14.4 Å². The number of aromatic nitrogens is 1. The Bertz CT molecular complexity index is 1110. The van der Waals surface area contributed by atoms with Gasteiger partial charge in [0, 0.05) is 35.4 Å². The smallest absolute Gasteiger partial charge is 0.310 e. The van der Waals surface area contributed by atoms with Crippen molar-refractivity contribution < 1.29 is 19.5 Å². The molecule has 8 heteroatoms. The molecule has 2 aromatic carbocycles. The van der Waals surface area contributed by atoms with E-state index in [1.807, 2.05) is 30.3 Å². The van der Waals surface area contributed by atoms with Crippen LogP contribution in [-0.4, -0.2) is 51.9 Å². The molecule has 1 aliphatic heterocycles. The van der Waals surface area contributed by atoms with Gasteiger partial charge in [0.1, 0.15) is 11.7 Å². The third kappa shape index (κ3) is 4.16. The van der Waals surface area contributed by atoms with Crippen LogP contribution in [0, 0.1) is 5.92 Å². The topological polar surface area (TPSA) is 102 Å². The molecule has 1 saturated heterocycles. The van der Waals surface area contributed by atoms with E-state index in [4.69, 9.17) is 16.7 Å². The lowest BCUT2D eigenvalue weighted by atomic mass is 9.97. The minimum absolute atomic E-state index is 0.153. The van der Waals surface area contributed by atoms with E-state index in [1.54, 1.807) is 24.3 Å². The second kappa shape index (κ2) is 8.20. The Morgan fingerprint density at radius 2 is 1.87 bits per heavy atom. The number of halogens is 1. The lowest BCUT2D eigenvalue weighted by Gasteiger charge is -2.38. The van der Waals surface area contributed by atoms with Crippen molar-refractivity contribution in [3.8, 4) is 0 Å². The lowest BCUT2D eigenvalue weighted by molar-refractivity contribution is -0.153. The average Bonchev–Trinajstić information content (AvgIpc) is 3.10. The van der Waals surface area contributed by atoms with Crippen molar-refractivity contribution >= 4 is 40.3 Å². The SMILES string of the molecule is O=C(N[C@@H](Cc1ccccc1)C(=O)N1CC(C(=O)O)C1)c1cc2cc(Cl)ccc2[nH]1. The fourth-order valence-electron chi connectivity index (χ4n) is 3.55. The highest BCUT2D eigenvalue weighted by Gasteiger charge is 2.38. The molecule has 2 heterocycles. The minimum atomic E-state index is -0.917. The van der Waals surface area contributed by atoms with Crippen LogP contribution in [0.1, 0.15) is 16.1 Å². The number of aliphatic carboxylic acids is 1. The second-order valence-electron chi connectivity index (χ2n) is 7.41. The molecule has 2 amide bonds. The van der Waals surface area contributed by atoms with Crippen LogP contribution in [0.2, 0.25) is 5.02 Å². The number of hydrogen-bond acceptors (Lipinski definition) is 3. The Morgan fingerprint density at radius 3 is 2.57 bits per heavy atom. The summed E-state index contributed by atoms with van der Waals surface area (Å²) < 4.78 is 0. The highest BCUT2D eigenvalue weighted by Crippen LogP contribution is 2.21. The quantitative estimate of drug-likeness (QED) is 0.565. The molecule has 0 bridgehead atoms. The first-order valence-corrected chi connectivity index (χ1v) is 9.93. The first-order valence-electron chi connectivity index (χ1n) is 9.55. The molecule has 3 aromatic rings. The molecule has 0 unspecified atom stereocenters. The van der Waals surface area contributed by atoms with Gasteiger partial charge < -0.3 is 20.3 Å². The third-order valence-electron chi connectivity index (χ3n) is 5.26. The summed E-state index contributed by atoms with van der Waals surface area (Å²) in [6.45, 7) is 0.306. The van der Waals surface area contributed by atoms with Gasteiger partial charge in [0.2, 0.25) is 5.91 Å². The van der Waals surface area contributed by atoms with Crippen molar-refractivity contribution in [2.75, 3.05) is 13.1 Å². The number of carbonyl (C=O) groups excluding carboxylic acids is 2. The summed E-state index contributed by atoms with van der Waals surface area (Å²) in [5, 5.41) is 13.2. The first kappa shape index (κ1) is 20.0. The van der Waals surface area contributed by atoms with Crippen LogP contribution in [0.15, 0.2) is 54.6 Å². The number of amides is 2. The first-order chi connectivity index (χ1) is 14.4. The summed E-state index contributed by atoms with van der Waals surface area (Å²) >= 11 is 6.01. The van der Waals surface area contributed by atoms with Gasteiger partial charge in [0.05, 0.1) is 5.92 Å². The highest BCUT2D eigenvalue weighted by atomic mass is 35.5. The Balaban J connectivity index is 1.53. The lowest BCUT2D eigenvalue weighted by Crippen LogP contribution is -2.59. The number of carboxylic acid groups (broad SMARTS) is 1. The number of nitrogens with zero attached hydrogens (tertiary/aromatic N) is 1. The molecule has 1 aliphatic rings. The maximum absolute atomic E-state index is 13.0. The predicted molar refractivity (Wildman–Crippen MR) is 112 cm³/mol. The van der Waals surface area contributed by atoms with Gasteiger partial charge in [-0.05, 0) is 29.8 Å². The summed E-state index contributed by atoms with van der Waals surface area (Å²) in [5.74, 6) is -2.17. The van der Waals surface area contributed by atoms with E-state index in [1.165, 1.54) is 4.90 Å². The monoisotopic (exact) mass is 425 g/mol. The molecule has 1 atom stereocenters. The van der Waals surface area contributed by atoms with Gasteiger partial charge in [-0.3, -0.25) is 14.4 Å². The maximum Gasteiger partial charge on any atom is 0.310 e. The molecule has 154 valence electrons. The number of carbonyl (C=O) groups is 3. The number of aromatic amines is 1. The molecule has 7 nitrogen and oxygen atoms in total. The van der Waals surface area contributed by atoms with Crippen LogP contribution in [0.5, 0.6) is 0 Å². The van der Waals surface area contributed by atoms with E-state index in [0.717, 1.165) is 16.5 Å². The molecule has 0 aliphatic carbocycles. The minimum Gasteiger partial charge on any atom is -0.481 e. The molecule has 4 rings (SSSR count). The number of fused-ring (bicyclic) bond motifs is 1. The van der Waals surface area contributed by atoms with Crippen molar-refractivity contribution in [1.82, 2.24) is 15.2 Å². The van der Waals surface area contributed by atoms with Crippen LogP contribution >= 0.6 is 11.6 Å². The highest BCUT2D eigenvalue weighted by molar-refractivity contribution is 6.31. The van der Waals surface area contributed by atoms with Crippen LogP contribution in [0.4, 0.5) is 0 Å². The van der Waals surface area contributed by atoms with Gasteiger partial charge in [0.15, 0.2) is 0 Å². The zero-order chi connectivity index (χ0) is 21.3. The Labute approximate surface area is 177 Å². The zero-order valence-corrected chi connectivity index (χ0v) is 16.7. The summed E-state index contributed by atoms with van der Waals surface area (Å²) in [4.78, 5) is 41.4. The molecule has 0 spiro atoms. The second-order valence-corrected chi connectivity index (χ2v) is 7.85. The molecular weight excluding hydrogens is 406 g/mol. The summed E-state index contributed by atoms with van der Waals surface area (Å²) in [7, 11) is 0. The zero-order valence-electron chi connectivity index (χ0n) is 16.0. The maximum atomic E-state index is 13.0. The third-order valence-corrected chi connectivity index (χ3v) is 5.49. The van der Waals surface area contributed by atoms with Crippen molar-refractivity contribution in [3.63, 3.8) is 0 Å². The van der Waals surface area contributed by atoms with Crippen molar-refractivity contribution in [3.05, 3.63) is 70.9 Å². The van der Waals surface area contributed by atoms with E-state index in [0.29, 0.717) is 17.1 Å². The normalized spacial score (nSPS) is 14.9. The fraction of sp³-hybridized carbons (Fsp3) is 0.227. The van der Waals surface area contributed by atoms with Gasteiger partial charge in [0.25, 0.3) is 5.91 Å². The molecule has 1 aromatic heterocycles. The number of rotatable bonds is 6. The molecule has 30 heavy (non-hydrogen) atoms. The van der Waals surface area contributed by atoms with Crippen molar-refractivity contribution in [2.45, 2.75) is 12.5 Å². The van der Waals surface area contributed by atoms with Gasteiger partial charge in [-0.2, -0.15) is 0 Å². The van der Waals surface area contributed by atoms with E-state index < -0.39 is 23.8 Å². The number of carboxylic acids is 1. The number of benzene rings is 2. The Kier molecular flexibility index (Phi) is 5.46. The van der Waals surface area contributed by atoms with Crippen molar-refractivity contribution in [2.24, 2.45) is 5.92 Å². The van der Waals surface area contributed by atoms with E-state index in [-0.39, 0.29) is 19.0 Å². The summed E-state index contributed by atoms with van der Waals surface area (Å²) in [6.07, 6.45) is 0.311. The molecule has 1 fully saturated rings. The average molecular weight is 426 g/mol. The number of nitrogens with one attached hydrogen (secondary N) is 2. The largest absolute Gasteiger partial charge is 0.481 e. The van der Waals surface area contributed by atoms with Crippen molar-refractivity contribution in [1.29, 1.82) is 0 Å². The number of H-pyrrole nitrogens is 1. The van der Waals surface area contributed by atoms with Gasteiger partial charge in [-0.25, -0.2) is 0 Å². The molecule has 0 radical (unpaired) electrons. The molecule has 0 saturated carbocycles. The van der Waals surface area contributed by atoms with Crippen LogP contribution in [0.25, 0.3) is 10.9 Å². The van der Waals surface area contributed by atoms with Crippen LogP contribution in [-0.2, 0) is 16.0 Å². The van der Waals surface area contributed by atoms with E-state index in [2.05, 4.69) is 10.3 Å².